The highest BCUT2D eigenvalue weighted by molar-refractivity contribution is 6.31. The second kappa shape index (κ2) is 7.44. The Hall–Kier alpha value is -0.350. The smallest absolute Gasteiger partial charge is 0.123 e. The quantitative estimate of drug-likeness (QED) is 0.788. The van der Waals surface area contributed by atoms with Gasteiger partial charge in [0, 0.05) is 37.1 Å². The van der Waals surface area contributed by atoms with Gasteiger partial charge in [0.05, 0.1) is 0 Å². The molecule has 19 heavy (non-hydrogen) atoms. The standard InChI is InChI=1S/C14H19Cl2FN2/c15-4-7-18-5-1-6-19(9-8-18)11-12-10-13(17)2-3-14(12)16/h2-3,10H,1,4-9,11H2. The average molecular weight is 305 g/mol. The molecule has 1 saturated heterocycles. The van der Waals surface area contributed by atoms with E-state index in [1.54, 1.807) is 6.07 Å². The van der Waals surface area contributed by atoms with E-state index in [-0.39, 0.29) is 5.82 Å². The molecule has 0 radical (unpaired) electrons. The Morgan fingerprint density at radius 2 is 1.84 bits per heavy atom. The van der Waals surface area contributed by atoms with E-state index in [1.807, 2.05) is 0 Å². The number of hydrogen-bond donors (Lipinski definition) is 0. The first kappa shape index (κ1) is 15.0. The van der Waals surface area contributed by atoms with Gasteiger partial charge < -0.3 is 4.90 Å². The molecule has 1 aliphatic heterocycles. The zero-order valence-corrected chi connectivity index (χ0v) is 12.4. The van der Waals surface area contributed by atoms with Crippen LogP contribution < -0.4 is 0 Å². The monoisotopic (exact) mass is 304 g/mol. The van der Waals surface area contributed by atoms with E-state index in [1.165, 1.54) is 12.1 Å². The van der Waals surface area contributed by atoms with Gasteiger partial charge in [-0.1, -0.05) is 11.6 Å². The fourth-order valence-electron chi connectivity index (χ4n) is 2.43. The maximum absolute atomic E-state index is 13.2. The molecule has 2 nitrogen and oxygen atoms in total. The van der Waals surface area contributed by atoms with Crippen molar-refractivity contribution in [1.29, 1.82) is 0 Å². The topological polar surface area (TPSA) is 6.48 Å². The number of halogens is 3. The second-order valence-electron chi connectivity index (χ2n) is 4.90. The largest absolute Gasteiger partial charge is 0.301 e. The van der Waals surface area contributed by atoms with Crippen LogP contribution in [0.5, 0.6) is 0 Å². The summed E-state index contributed by atoms with van der Waals surface area (Å²) in [6, 6.07) is 4.56. The summed E-state index contributed by atoms with van der Waals surface area (Å²) in [5, 5.41) is 0.642. The van der Waals surface area contributed by atoms with Gasteiger partial charge in [0.2, 0.25) is 0 Å². The van der Waals surface area contributed by atoms with E-state index in [0.717, 1.165) is 44.7 Å². The van der Waals surface area contributed by atoms with Crippen LogP contribution in [0.25, 0.3) is 0 Å². The van der Waals surface area contributed by atoms with Crippen LogP contribution in [0.3, 0.4) is 0 Å². The van der Waals surface area contributed by atoms with Crippen LogP contribution in [-0.2, 0) is 6.54 Å². The van der Waals surface area contributed by atoms with Gasteiger partial charge in [0.25, 0.3) is 0 Å². The molecule has 2 rings (SSSR count). The summed E-state index contributed by atoms with van der Waals surface area (Å²) in [5.74, 6) is 0.452. The van der Waals surface area contributed by atoms with E-state index in [9.17, 15) is 4.39 Å². The lowest BCUT2D eigenvalue weighted by atomic mass is 10.2. The highest BCUT2D eigenvalue weighted by atomic mass is 35.5. The van der Waals surface area contributed by atoms with Crippen molar-refractivity contribution in [2.75, 3.05) is 38.6 Å². The molecule has 0 aromatic heterocycles. The fraction of sp³-hybridized carbons (Fsp3) is 0.571. The lowest BCUT2D eigenvalue weighted by molar-refractivity contribution is 0.258. The first-order chi connectivity index (χ1) is 9.19. The Labute approximate surface area is 124 Å². The maximum atomic E-state index is 13.2. The van der Waals surface area contributed by atoms with E-state index >= 15 is 0 Å². The Kier molecular flexibility index (Phi) is 5.89. The summed E-state index contributed by atoms with van der Waals surface area (Å²) in [6.45, 7) is 5.75. The molecule has 0 atom stereocenters. The van der Waals surface area contributed by atoms with Gasteiger partial charge in [-0.2, -0.15) is 0 Å². The fourth-order valence-corrected chi connectivity index (χ4v) is 2.85. The van der Waals surface area contributed by atoms with Crippen molar-refractivity contribution in [2.45, 2.75) is 13.0 Å². The summed E-state index contributed by atoms with van der Waals surface area (Å²) < 4.78 is 13.2. The molecule has 0 spiro atoms. The predicted molar refractivity (Wildman–Crippen MR) is 78.5 cm³/mol. The summed E-state index contributed by atoms with van der Waals surface area (Å²) in [7, 11) is 0. The number of alkyl halides is 1. The van der Waals surface area contributed by atoms with Gasteiger partial charge in [0.15, 0.2) is 0 Å². The van der Waals surface area contributed by atoms with Crippen LogP contribution in [0.4, 0.5) is 4.39 Å². The average Bonchev–Trinajstić information content (AvgIpc) is 2.60. The van der Waals surface area contributed by atoms with Gasteiger partial charge in [-0.3, -0.25) is 4.90 Å². The van der Waals surface area contributed by atoms with Gasteiger partial charge >= 0.3 is 0 Å². The molecule has 106 valence electrons. The number of benzene rings is 1. The van der Waals surface area contributed by atoms with Crippen molar-refractivity contribution in [3.8, 4) is 0 Å². The molecule has 0 unspecified atom stereocenters. The highest BCUT2D eigenvalue weighted by Crippen LogP contribution is 2.19. The van der Waals surface area contributed by atoms with Gasteiger partial charge in [-0.25, -0.2) is 4.39 Å². The van der Waals surface area contributed by atoms with E-state index in [2.05, 4.69) is 9.80 Å². The van der Waals surface area contributed by atoms with E-state index in [4.69, 9.17) is 23.2 Å². The molecule has 1 heterocycles. The van der Waals surface area contributed by atoms with Crippen molar-refractivity contribution < 1.29 is 4.39 Å². The minimum absolute atomic E-state index is 0.224. The zero-order chi connectivity index (χ0) is 13.7. The first-order valence-electron chi connectivity index (χ1n) is 6.63. The van der Waals surface area contributed by atoms with Crippen molar-refractivity contribution in [3.05, 3.63) is 34.6 Å². The van der Waals surface area contributed by atoms with E-state index in [0.29, 0.717) is 17.4 Å². The third-order valence-corrected chi connectivity index (χ3v) is 4.02. The van der Waals surface area contributed by atoms with Crippen LogP contribution in [0.15, 0.2) is 18.2 Å². The van der Waals surface area contributed by atoms with Crippen molar-refractivity contribution >= 4 is 23.2 Å². The molecule has 0 bridgehead atoms. The molecule has 0 amide bonds. The molecular weight excluding hydrogens is 286 g/mol. The Balaban J connectivity index is 1.94. The molecule has 0 N–H and O–H groups in total. The molecule has 1 aliphatic rings. The SMILES string of the molecule is Fc1ccc(Cl)c(CN2CCCN(CCCl)CC2)c1. The lowest BCUT2D eigenvalue weighted by Gasteiger charge is -2.21. The highest BCUT2D eigenvalue weighted by Gasteiger charge is 2.15. The molecular formula is C14H19Cl2FN2. The molecule has 0 aliphatic carbocycles. The van der Waals surface area contributed by atoms with Crippen LogP contribution in [0.1, 0.15) is 12.0 Å². The maximum Gasteiger partial charge on any atom is 0.123 e. The predicted octanol–water partition coefficient (Wildman–Crippen LogP) is 3.23. The summed E-state index contributed by atoms with van der Waals surface area (Å²) >= 11 is 11.9. The zero-order valence-electron chi connectivity index (χ0n) is 10.9. The third-order valence-electron chi connectivity index (χ3n) is 3.48. The van der Waals surface area contributed by atoms with Crippen molar-refractivity contribution in [1.82, 2.24) is 9.80 Å². The minimum Gasteiger partial charge on any atom is -0.301 e. The van der Waals surface area contributed by atoms with Crippen molar-refractivity contribution in [2.24, 2.45) is 0 Å². The third kappa shape index (κ3) is 4.60. The van der Waals surface area contributed by atoms with Crippen LogP contribution in [0.2, 0.25) is 5.02 Å². The van der Waals surface area contributed by atoms with Crippen LogP contribution in [-0.4, -0.2) is 48.4 Å². The van der Waals surface area contributed by atoms with E-state index < -0.39 is 0 Å². The molecule has 1 aromatic rings. The summed E-state index contributed by atoms with van der Waals surface area (Å²) in [4.78, 5) is 4.70. The number of hydrogen-bond acceptors (Lipinski definition) is 2. The summed E-state index contributed by atoms with van der Waals surface area (Å²) in [5.41, 5.74) is 0.868. The minimum atomic E-state index is -0.224. The van der Waals surface area contributed by atoms with Crippen LogP contribution in [0, 0.1) is 5.82 Å². The van der Waals surface area contributed by atoms with Gasteiger partial charge in [-0.15, -0.1) is 11.6 Å². The molecule has 1 aromatic carbocycles. The molecule has 1 fully saturated rings. The number of nitrogens with zero attached hydrogens (tertiary/aromatic N) is 2. The Morgan fingerprint density at radius 1 is 1.11 bits per heavy atom. The van der Waals surface area contributed by atoms with Gasteiger partial charge in [-0.05, 0) is 43.3 Å². The van der Waals surface area contributed by atoms with Crippen LogP contribution >= 0.6 is 23.2 Å². The normalized spacial score (nSPS) is 18.5. The lowest BCUT2D eigenvalue weighted by Crippen LogP contribution is -2.31. The van der Waals surface area contributed by atoms with Crippen molar-refractivity contribution in [3.63, 3.8) is 0 Å². The Bertz CT molecular complexity index is 414. The molecule has 0 saturated carbocycles. The first-order valence-corrected chi connectivity index (χ1v) is 7.55. The molecule has 5 heteroatoms. The summed E-state index contributed by atoms with van der Waals surface area (Å²) in [6.07, 6.45) is 1.11. The van der Waals surface area contributed by atoms with Gasteiger partial charge in [0.1, 0.15) is 5.82 Å². The second-order valence-corrected chi connectivity index (χ2v) is 5.68. The Morgan fingerprint density at radius 3 is 2.63 bits per heavy atom. The number of rotatable bonds is 4.